The fourth-order valence-corrected chi connectivity index (χ4v) is 3.57. The zero-order valence-electron chi connectivity index (χ0n) is 16.5. The third-order valence-corrected chi connectivity index (χ3v) is 9.52. The summed E-state index contributed by atoms with van der Waals surface area (Å²) in [5.41, 5.74) is 1.12. The normalized spacial score (nSPS) is 15.3. The molecular weight excluding hydrogens is 314 g/mol. The molecule has 1 aromatic rings. The van der Waals surface area contributed by atoms with Crippen molar-refractivity contribution in [2.45, 2.75) is 64.9 Å². The Labute approximate surface area is 148 Å². The van der Waals surface area contributed by atoms with Crippen molar-refractivity contribution >= 4 is 14.2 Å². The molecule has 0 radical (unpaired) electrons. The summed E-state index contributed by atoms with van der Waals surface area (Å²) in [4.78, 5) is 14.0. The Balaban J connectivity index is 3.18. The number of hydrogen-bond donors (Lipinski definition) is 0. The molecule has 1 aromatic carbocycles. The second-order valence-corrected chi connectivity index (χ2v) is 12.7. The Bertz CT molecular complexity index is 561. The van der Waals surface area contributed by atoms with Crippen molar-refractivity contribution in [2.75, 3.05) is 7.05 Å². The number of carbonyl (C=O) groups is 1. The van der Waals surface area contributed by atoms with Gasteiger partial charge in [0.25, 0.3) is 0 Å². The van der Waals surface area contributed by atoms with Gasteiger partial charge in [0.05, 0.1) is 12.1 Å². The lowest BCUT2D eigenvalue weighted by atomic mass is 10.0. The van der Waals surface area contributed by atoms with E-state index in [1.165, 1.54) is 0 Å². The highest BCUT2D eigenvalue weighted by Crippen LogP contribution is 2.41. The van der Waals surface area contributed by atoms with Crippen LogP contribution in [0.5, 0.6) is 0 Å². The van der Waals surface area contributed by atoms with E-state index < -0.39 is 8.32 Å². The molecule has 0 saturated heterocycles. The first kappa shape index (κ1) is 20.7. The van der Waals surface area contributed by atoms with Crippen molar-refractivity contribution in [3.05, 3.63) is 48.0 Å². The maximum absolute atomic E-state index is 12.3. The van der Waals surface area contributed by atoms with Gasteiger partial charge in [-0.05, 0) is 43.6 Å². The Kier molecular flexibility index (Phi) is 6.99. The number of carbonyl (C=O) groups excluding carboxylic acids is 1. The summed E-state index contributed by atoms with van der Waals surface area (Å²) in [5, 5.41) is 0.117. The highest BCUT2D eigenvalue weighted by molar-refractivity contribution is 6.74. The van der Waals surface area contributed by atoms with E-state index in [0.717, 1.165) is 5.56 Å². The van der Waals surface area contributed by atoms with Gasteiger partial charge in [0.2, 0.25) is 5.91 Å². The molecule has 0 saturated carbocycles. The van der Waals surface area contributed by atoms with Crippen LogP contribution < -0.4 is 0 Å². The van der Waals surface area contributed by atoms with Gasteiger partial charge in [-0.2, -0.15) is 0 Å². The first-order valence-electron chi connectivity index (χ1n) is 8.63. The van der Waals surface area contributed by atoms with Crippen molar-refractivity contribution in [1.29, 1.82) is 0 Å². The van der Waals surface area contributed by atoms with E-state index >= 15 is 0 Å². The van der Waals surface area contributed by atoms with Crippen molar-refractivity contribution in [2.24, 2.45) is 0 Å². The van der Waals surface area contributed by atoms with Crippen LogP contribution in [0.25, 0.3) is 0 Å². The summed E-state index contributed by atoms with van der Waals surface area (Å²) in [7, 11) is -0.123. The molecule has 0 aliphatic heterocycles. The van der Waals surface area contributed by atoms with Gasteiger partial charge in [-0.25, -0.2) is 0 Å². The summed E-state index contributed by atoms with van der Waals surface area (Å²) < 4.78 is 6.72. The molecule has 0 bridgehead atoms. The molecule has 1 amide bonds. The molecule has 0 unspecified atom stereocenters. The number of rotatable bonds is 6. The molecule has 24 heavy (non-hydrogen) atoms. The zero-order chi connectivity index (χ0) is 18.5. The van der Waals surface area contributed by atoms with E-state index in [4.69, 9.17) is 4.43 Å². The van der Waals surface area contributed by atoms with Crippen LogP contribution in [-0.2, 0) is 9.22 Å². The molecule has 134 valence electrons. The predicted octanol–water partition coefficient (Wildman–Crippen LogP) is 5.17. The summed E-state index contributed by atoms with van der Waals surface area (Å²) in [6.45, 7) is 15.1. The number of amides is 1. The summed E-state index contributed by atoms with van der Waals surface area (Å²) in [6, 6.07) is 10.2. The van der Waals surface area contributed by atoms with Crippen molar-refractivity contribution in [3.8, 4) is 0 Å². The third-order valence-electron chi connectivity index (χ3n) is 5.06. The van der Waals surface area contributed by atoms with Crippen LogP contribution in [0.2, 0.25) is 18.1 Å². The summed E-state index contributed by atoms with van der Waals surface area (Å²) >= 11 is 0. The molecule has 0 aliphatic carbocycles. The Hall–Kier alpha value is -1.39. The number of allylic oxidation sites excluding steroid dienone is 1. The van der Waals surface area contributed by atoms with Crippen LogP contribution >= 0.6 is 0 Å². The zero-order valence-corrected chi connectivity index (χ0v) is 17.5. The topological polar surface area (TPSA) is 29.5 Å². The van der Waals surface area contributed by atoms with Crippen molar-refractivity contribution < 1.29 is 9.22 Å². The fraction of sp³-hybridized carbons (Fsp3) is 0.550. The third kappa shape index (κ3) is 5.05. The van der Waals surface area contributed by atoms with Gasteiger partial charge in [0.1, 0.15) is 0 Å². The molecule has 0 heterocycles. The minimum atomic E-state index is -1.97. The smallest absolute Gasteiger partial charge is 0.246 e. The lowest BCUT2D eigenvalue weighted by Gasteiger charge is -2.42. The van der Waals surface area contributed by atoms with Gasteiger partial charge in [-0.3, -0.25) is 4.79 Å². The van der Waals surface area contributed by atoms with Crippen molar-refractivity contribution in [1.82, 2.24) is 4.90 Å². The predicted molar refractivity (Wildman–Crippen MR) is 105 cm³/mol. The highest BCUT2D eigenvalue weighted by atomic mass is 28.4. The Morgan fingerprint density at radius 2 is 1.75 bits per heavy atom. The maximum Gasteiger partial charge on any atom is 0.246 e. The van der Waals surface area contributed by atoms with Crippen LogP contribution in [0.4, 0.5) is 0 Å². The minimum absolute atomic E-state index is 0.00441. The summed E-state index contributed by atoms with van der Waals surface area (Å²) in [6.07, 6.45) is 3.24. The van der Waals surface area contributed by atoms with E-state index in [1.807, 2.05) is 32.2 Å². The Morgan fingerprint density at radius 1 is 1.21 bits per heavy atom. The van der Waals surface area contributed by atoms with E-state index in [2.05, 4.69) is 52.9 Å². The highest BCUT2D eigenvalue weighted by Gasteiger charge is 2.41. The number of likely N-dealkylation sites (N-methyl/N-ethyl adjacent to an activating group) is 1. The molecule has 1 rings (SSSR count). The maximum atomic E-state index is 12.3. The lowest BCUT2D eigenvalue weighted by molar-refractivity contribution is -0.128. The van der Waals surface area contributed by atoms with Gasteiger partial charge in [-0.1, -0.05) is 57.2 Å². The van der Waals surface area contributed by atoms with E-state index in [9.17, 15) is 4.79 Å². The largest absolute Gasteiger partial charge is 0.408 e. The molecule has 4 heteroatoms. The number of nitrogens with zero attached hydrogens (tertiary/aromatic N) is 1. The van der Waals surface area contributed by atoms with E-state index in [0.29, 0.717) is 0 Å². The summed E-state index contributed by atoms with van der Waals surface area (Å²) in [5.74, 6) is 0.00441. The molecule has 0 aromatic heterocycles. The number of hydrogen-bond acceptors (Lipinski definition) is 2. The van der Waals surface area contributed by atoms with Crippen molar-refractivity contribution in [3.63, 3.8) is 0 Å². The quantitative estimate of drug-likeness (QED) is 0.524. The Morgan fingerprint density at radius 3 is 2.21 bits per heavy atom. The molecule has 0 spiro atoms. The molecule has 3 nitrogen and oxygen atoms in total. The monoisotopic (exact) mass is 347 g/mol. The van der Waals surface area contributed by atoms with E-state index in [1.54, 1.807) is 17.1 Å². The lowest BCUT2D eigenvalue weighted by Crippen LogP contribution is -2.47. The van der Waals surface area contributed by atoms with Gasteiger partial charge >= 0.3 is 0 Å². The first-order valence-corrected chi connectivity index (χ1v) is 11.5. The number of benzene rings is 1. The molecule has 0 aliphatic rings. The van der Waals surface area contributed by atoms with E-state index in [-0.39, 0.29) is 23.1 Å². The fourth-order valence-electron chi connectivity index (χ4n) is 2.25. The van der Waals surface area contributed by atoms with Gasteiger partial charge < -0.3 is 9.33 Å². The average molecular weight is 348 g/mol. The molecular formula is C20H33NO2Si. The van der Waals surface area contributed by atoms with Crippen LogP contribution in [0, 0.1) is 0 Å². The first-order chi connectivity index (χ1) is 11.0. The standard InChI is InChI=1S/C20H33NO2Si/c1-9-13-18(22)21(6)16(2)19(17-14-11-10-12-15-17)23-24(7,8)20(3,4)5/h9-16,19H,1-8H3/b13-9+/t16-,19+/m0/s1. The molecule has 2 atom stereocenters. The van der Waals surface area contributed by atoms with Gasteiger partial charge in [0, 0.05) is 7.05 Å². The van der Waals surface area contributed by atoms with Crippen LogP contribution in [0.15, 0.2) is 42.5 Å². The van der Waals surface area contributed by atoms with Gasteiger partial charge in [-0.15, -0.1) is 0 Å². The van der Waals surface area contributed by atoms with Crippen LogP contribution in [-0.4, -0.2) is 32.2 Å². The molecule has 0 fully saturated rings. The minimum Gasteiger partial charge on any atom is -0.408 e. The average Bonchev–Trinajstić information content (AvgIpc) is 2.51. The van der Waals surface area contributed by atoms with Gasteiger partial charge in [0.15, 0.2) is 8.32 Å². The molecule has 0 N–H and O–H groups in total. The second-order valence-electron chi connectivity index (χ2n) is 7.90. The second kappa shape index (κ2) is 8.12. The SMILES string of the molecule is C/C=C/C(=O)N(C)[C@@H](C)[C@@H](O[Si](C)(C)C(C)(C)C)c1ccccc1. The van der Waals surface area contributed by atoms with Crippen LogP contribution in [0.1, 0.15) is 46.3 Å². The van der Waals surface area contributed by atoms with Crippen LogP contribution in [0.3, 0.4) is 0 Å².